The maximum absolute atomic E-state index is 5.98. The molecule has 0 unspecified atom stereocenters. The van der Waals surface area contributed by atoms with E-state index in [0.29, 0.717) is 0 Å². The number of halogens is 1. The highest BCUT2D eigenvalue weighted by atomic mass is 35.5. The second kappa shape index (κ2) is 4.35. The molecule has 4 heteroatoms. The highest BCUT2D eigenvalue weighted by Crippen LogP contribution is 2.16. The van der Waals surface area contributed by atoms with Crippen LogP contribution in [0.15, 0.2) is 48.8 Å². The number of rotatable bonds is 2. The van der Waals surface area contributed by atoms with Crippen molar-refractivity contribution in [2.75, 3.05) is 5.73 Å². The van der Waals surface area contributed by atoms with E-state index in [9.17, 15) is 0 Å². The van der Waals surface area contributed by atoms with Gasteiger partial charge in [-0.25, -0.2) is 4.98 Å². The van der Waals surface area contributed by atoms with Crippen molar-refractivity contribution in [2.45, 2.75) is 6.42 Å². The molecule has 18 heavy (non-hydrogen) atoms. The van der Waals surface area contributed by atoms with Gasteiger partial charge in [0, 0.05) is 23.3 Å². The van der Waals surface area contributed by atoms with Crippen LogP contribution in [0, 0.1) is 0 Å². The molecule has 3 nitrogen and oxygen atoms in total. The van der Waals surface area contributed by atoms with E-state index < -0.39 is 0 Å². The highest BCUT2D eigenvalue weighted by Gasteiger charge is 2.05. The van der Waals surface area contributed by atoms with Crippen LogP contribution in [0.25, 0.3) is 5.52 Å². The topological polar surface area (TPSA) is 43.3 Å². The smallest absolute Gasteiger partial charge is 0.117 e. The van der Waals surface area contributed by atoms with E-state index in [1.807, 2.05) is 53.2 Å². The Morgan fingerprint density at radius 1 is 1.22 bits per heavy atom. The van der Waals surface area contributed by atoms with Crippen LogP contribution in [0.3, 0.4) is 0 Å². The van der Waals surface area contributed by atoms with Crippen LogP contribution < -0.4 is 5.73 Å². The Morgan fingerprint density at radius 3 is 2.94 bits per heavy atom. The fourth-order valence-corrected chi connectivity index (χ4v) is 2.25. The van der Waals surface area contributed by atoms with Gasteiger partial charge in [0.15, 0.2) is 0 Å². The van der Waals surface area contributed by atoms with Crippen LogP contribution in [0.5, 0.6) is 0 Å². The van der Waals surface area contributed by atoms with Crippen molar-refractivity contribution < 1.29 is 0 Å². The molecule has 0 saturated carbocycles. The molecule has 90 valence electrons. The fourth-order valence-electron chi connectivity index (χ4n) is 2.03. The summed E-state index contributed by atoms with van der Waals surface area (Å²) in [6.45, 7) is 0. The number of benzene rings is 1. The van der Waals surface area contributed by atoms with E-state index in [2.05, 4.69) is 4.98 Å². The molecule has 2 aromatic heterocycles. The van der Waals surface area contributed by atoms with E-state index >= 15 is 0 Å². The Morgan fingerprint density at radius 2 is 2.11 bits per heavy atom. The quantitative estimate of drug-likeness (QED) is 0.766. The van der Waals surface area contributed by atoms with Crippen LogP contribution in [0.4, 0.5) is 5.69 Å². The van der Waals surface area contributed by atoms with Gasteiger partial charge in [-0.2, -0.15) is 0 Å². The van der Waals surface area contributed by atoms with Gasteiger partial charge in [0.05, 0.1) is 11.7 Å². The lowest BCUT2D eigenvalue weighted by atomic mass is 10.1. The Labute approximate surface area is 110 Å². The SMILES string of the molecule is Nc1ccn2c(Cc3cccc(Cl)c3)ncc2c1. The van der Waals surface area contributed by atoms with Crippen LogP contribution in [0.1, 0.15) is 11.4 Å². The lowest BCUT2D eigenvalue weighted by Gasteiger charge is -2.03. The second-order valence-electron chi connectivity index (χ2n) is 4.24. The summed E-state index contributed by atoms with van der Waals surface area (Å²) in [6.07, 6.45) is 4.52. The fraction of sp³-hybridized carbons (Fsp3) is 0.0714. The first-order valence-corrected chi connectivity index (χ1v) is 6.06. The first-order chi connectivity index (χ1) is 8.72. The lowest BCUT2D eigenvalue weighted by molar-refractivity contribution is 0.962. The normalized spacial score (nSPS) is 10.9. The van der Waals surface area contributed by atoms with Crippen molar-refractivity contribution in [1.29, 1.82) is 0 Å². The van der Waals surface area contributed by atoms with Crippen LogP contribution in [-0.4, -0.2) is 9.38 Å². The molecule has 0 fully saturated rings. The summed E-state index contributed by atoms with van der Waals surface area (Å²) in [6, 6.07) is 11.6. The Hall–Kier alpha value is -2.00. The number of nitrogens with zero attached hydrogens (tertiary/aromatic N) is 2. The minimum Gasteiger partial charge on any atom is -0.399 e. The predicted octanol–water partition coefficient (Wildman–Crippen LogP) is 3.16. The van der Waals surface area contributed by atoms with Crippen molar-refractivity contribution in [3.05, 3.63) is 65.2 Å². The zero-order valence-corrected chi connectivity index (χ0v) is 10.4. The molecule has 2 N–H and O–H groups in total. The number of imidazole rings is 1. The lowest BCUT2D eigenvalue weighted by Crippen LogP contribution is -1.97. The second-order valence-corrected chi connectivity index (χ2v) is 4.67. The average molecular weight is 258 g/mol. The van der Waals surface area contributed by atoms with E-state index in [1.54, 1.807) is 0 Å². The van der Waals surface area contributed by atoms with Gasteiger partial charge < -0.3 is 10.1 Å². The molecule has 1 aromatic carbocycles. The molecule has 0 aliphatic rings. The number of pyridine rings is 1. The Kier molecular flexibility index (Phi) is 2.68. The maximum Gasteiger partial charge on any atom is 0.117 e. The van der Waals surface area contributed by atoms with E-state index in [1.165, 1.54) is 0 Å². The van der Waals surface area contributed by atoms with Gasteiger partial charge in [0.2, 0.25) is 0 Å². The van der Waals surface area contributed by atoms with E-state index in [4.69, 9.17) is 17.3 Å². The van der Waals surface area contributed by atoms with Gasteiger partial charge in [-0.3, -0.25) is 0 Å². The van der Waals surface area contributed by atoms with E-state index in [0.717, 1.165) is 34.0 Å². The standard InChI is InChI=1S/C14H12ClN3/c15-11-3-1-2-10(6-11)7-14-17-9-13-8-12(16)4-5-18(13)14/h1-6,8-9H,7,16H2. The summed E-state index contributed by atoms with van der Waals surface area (Å²) in [7, 11) is 0. The number of anilines is 1. The molecule has 0 saturated heterocycles. The first kappa shape index (κ1) is 11.1. The number of nitrogen functional groups attached to an aromatic ring is 1. The van der Waals surface area contributed by atoms with Crippen LogP contribution in [0.2, 0.25) is 5.02 Å². The monoisotopic (exact) mass is 257 g/mol. The molecule has 2 heterocycles. The third-order valence-corrected chi connectivity index (χ3v) is 3.12. The van der Waals surface area contributed by atoms with Gasteiger partial charge in [-0.1, -0.05) is 23.7 Å². The molecule has 0 radical (unpaired) electrons. The first-order valence-electron chi connectivity index (χ1n) is 5.68. The minimum absolute atomic E-state index is 0.747. The molecule has 3 aromatic rings. The summed E-state index contributed by atoms with van der Waals surface area (Å²) in [5.74, 6) is 0.979. The summed E-state index contributed by atoms with van der Waals surface area (Å²) >= 11 is 5.98. The summed E-state index contributed by atoms with van der Waals surface area (Å²) < 4.78 is 2.04. The summed E-state index contributed by atoms with van der Waals surface area (Å²) in [5, 5.41) is 0.748. The molecule has 0 aliphatic heterocycles. The largest absolute Gasteiger partial charge is 0.399 e. The van der Waals surface area contributed by atoms with Crippen molar-refractivity contribution in [1.82, 2.24) is 9.38 Å². The molecule has 0 bridgehead atoms. The van der Waals surface area contributed by atoms with Gasteiger partial charge in [-0.05, 0) is 29.8 Å². The van der Waals surface area contributed by atoms with Crippen molar-refractivity contribution in [3.63, 3.8) is 0 Å². The van der Waals surface area contributed by atoms with Gasteiger partial charge in [0.1, 0.15) is 5.82 Å². The predicted molar refractivity (Wildman–Crippen MR) is 73.9 cm³/mol. The van der Waals surface area contributed by atoms with Gasteiger partial charge >= 0.3 is 0 Å². The molecule has 0 amide bonds. The van der Waals surface area contributed by atoms with Crippen molar-refractivity contribution in [3.8, 4) is 0 Å². The van der Waals surface area contributed by atoms with Gasteiger partial charge in [0.25, 0.3) is 0 Å². The maximum atomic E-state index is 5.98. The number of hydrogen-bond donors (Lipinski definition) is 1. The van der Waals surface area contributed by atoms with Crippen LogP contribution >= 0.6 is 11.6 Å². The minimum atomic E-state index is 0.747. The third-order valence-electron chi connectivity index (χ3n) is 2.88. The molecular formula is C14H12ClN3. The molecule has 3 rings (SSSR count). The molecule has 0 spiro atoms. The molecule has 0 atom stereocenters. The average Bonchev–Trinajstić information content (AvgIpc) is 2.72. The number of nitrogens with two attached hydrogens (primary N) is 1. The Bertz CT molecular complexity index is 703. The number of fused-ring (bicyclic) bond motifs is 1. The zero-order valence-electron chi connectivity index (χ0n) is 9.68. The number of aromatic nitrogens is 2. The number of hydrogen-bond acceptors (Lipinski definition) is 2. The highest BCUT2D eigenvalue weighted by molar-refractivity contribution is 6.30. The Balaban J connectivity index is 2.00. The van der Waals surface area contributed by atoms with Crippen molar-refractivity contribution in [2.24, 2.45) is 0 Å². The van der Waals surface area contributed by atoms with E-state index in [-0.39, 0.29) is 0 Å². The van der Waals surface area contributed by atoms with Crippen molar-refractivity contribution >= 4 is 22.8 Å². The zero-order chi connectivity index (χ0) is 12.5. The van der Waals surface area contributed by atoms with Gasteiger partial charge in [-0.15, -0.1) is 0 Å². The summed E-state index contributed by atoms with van der Waals surface area (Å²) in [5.41, 5.74) is 8.65. The van der Waals surface area contributed by atoms with Crippen LogP contribution in [-0.2, 0) is 6.42 Å². The molecule has 0 aliphatic carbocycles. The summed E-state index contributed by atoms with van der Waals surface area (Å²) in [4.78, 5) is 4.43. The third kappa shape index (κ3) is 2.05. The molecular weight excluding hydrogens is 246 g/mol.